The van der Waals surface area contributed by atoms with E-state index in [4.69, 9.17) is 8.83 Å². The van der Waals surface area contributed by atoms with Crippen LogP contribution >= 0.6 is 0 Å². The molecule has 62 heavy (non-hydrogen) atoms. The van der Waals surface area contributed by atoms with Gasteiger partial charge in [0.25, 0.3) is 0 Å². The lowest BCUT2D eigenvalue weighted by molar-refractivity contribution is 0.568. The predicted molar refractivity (Wildman–Crippen MR) is 261 cm³/mol. The molecule has 10 rings (SSSR count). The molecule has 0 N–H and O–H groups in total. The molecule has 2 heterocycles. The maximum atomic E-state index is 6.64. The van der Waals surface area contributed by atoms with Crippen LogP contribution in [0.2, 0.25) is 0 Å². The van der Waals surface area contributed by atoms with Crippen LogP contribution in [0, 0.1) is 0 Å². The van der Waals surface area contributed by atoms with Crippen molar-refractivity contribution >= 4 is 67.7 Å². The van der Waals surface area contributed by atoms with Crippen molar-refractivity contribution in [2.75, 3.05) is 4.90 Å². The van der Waals surface area contributed by atoms with Crippen molar-refractivity contribution < 1.29 is 8.83 Å². The summed E-state index contributed by atoms with van der Waals surface area (Å²) >= 11 is 0. The fourth-order valence-electron chi connectivity index (χ4n) is 8.80. The van der Waals surface area contributed by atoms with E-state index in [9.17, 15) is 0 Å². The number of furan rings is 2. The molecule has 0 amide bonds. The number of anilines is 3. The number of allylic oxidation sites excluding steroid dienone is 8. The maximum Gasteiger partial charge on any atom is 0.135 e. The molecule has 0 saturated carbocycles. The van der Waals surface area contributed by atoms with Crippen molar-refractivity contribution in [3.8, 4) is 11.1 Å². The van der Waals surface area contributed by atoms with Crippen molar-refractivity contribution in [2.24, 2.45) is 0 Å². The fourth-order valence-corrected chi connectivity index (χ4v) is 8.80. The molecule has 0 atom stereocenters. The Morgan fingerprint density at radius 3 is 2.21 bits per heavy atom. The Kier molecular flexibility index (Phi) is 10.3. The zero-order chi connectivity index (χ0) is 42.0. The Bertz CT molecular complexity index is 3390. The molecule has 3 heteroatoms. The molecule has 9 aromatic rings. The van der Waals surface area contributed by atoms with E-state index in [1.165, 1.54) is 16.0 Å². The van der Waals surface area contributed by atoms with E-state index in [1.54, 1.807) is 6.08 Å². The van der Waals surface area contributed by atoms with Crippen molar-refractivity contribution in [1.29, 1.82) is 0 Å². The van der Waals surface area contributed by atoms with Gasteiger partial charge >= 0.3 is 0 Å². The molecule has 0 bridgehead atoms. The van der Waals surface area contributed by atoms with Crippen LogP contribution in [0.1, 0.15) is 29.4 Å². The summed E-state index contributed by atoms with van der Waals surface area (Å²) in [6.07, 6.45) is 16.3. The third-order valence-corrected chi connectivity index (χ3v) is 11.9. The predicted octanol–water partition coefficient (Wildman–Crippen LogP) is 14.5. The normalized spacial score (nSPS) is 12.8. The minimum absolute atomic E-state index is 0.729. The molecule has 1 aliphatic carbocycles. The van der Waals surface area contributed by atoms with Crippen LogP contribution in [0.4, 0.5) is 17.1 Å². The molecule has 0 unspecified atom stereocenters. The first-order valence-electron chi connectivity index (χ1n) is 21.2. The average Bonchev–Trinajstić information content (AvgIpc) is 3.81. The van der Waals surface area contributed by atoms with E-state index < -0.39 is 0 Å². The van der Waals surface area contributed by atoms with Gasteiger partial charge in [-0.1, -0.05) is 165 Å². The van der Waals surface area contributed by atoms with Gasteiger partial charge in [0.05, 0.1) is 5.69 Å². The Morgan fingerprint density at radius 1 is 0.661 bits per heavy atom. The minimum atomic E-state index is 0.729. The summed E-state index contributed by atoms with van der Waals surface area (Å²) in [5.74, 6) is 0.979. The molecule has 0 aliphatic heterocycles. The van der Waals surface area contributed by atoms with Crippen molar-refractivity contribution in [1.82, 2.24) is 0 Å². The molecule has 0 saturated heterocycles. The summed E-state index contributed by atoms with van der Waals surface area (Å²) in [5, 5.41) is 5.69. The van der Waals surface area contributed by atoms with Crippen LogP contribution in [0.25, 0.3) is 61.8 Å². The van der Waals surface area contributed by atoms with Crippen LogP contribution in [-0.4, -0.2) is 0 Å². The first-order chi connectivity index (χ1) is 30.6. The smallest absolute Gasteiger partial charge is 0.135 e. The highest BCUT2D eigenvalue weighted by molar-refractivity contribution is 6.08. The molecule has 0 fully saturated rings. The lowest BCUT2D eigenvalue weighted by atomic mass is 9.94. The van der Waals surface area contributed by atoms with Gasteiger partial charge in [-0.15, -0.1) is 0 Å². The van der Waals surface area contributed by atoms with Gasteiger partial charge in [0.15, 0.2) is 0 Å². The number of hydrogen-bond acceptors (Lipinski definition) is 3. The summed E-state index contributed by atoms with van der Waals surface area (Å²) in [5.41, 5.74) is 14.7. The Labute approximate surface area is 362 Å². The number of para-hydroxylation sites is 2. The lowest BCUT2D eigenvalue weighted by Crippen LogP contribution is -2.22. The number of rotatable bonds is 11. The third kappa shape index (κ3) is 7.24. The van der Waals surface area contributed by atoms with Crippen molar-refractivity contribution in [3.63, 3.8) is 0 Å². The van der Waals surface area contributed by atoms with E-state index in [0.29, 0.717) is 0 Å². The monoisotopic (exact) mass is 799 g/mol. The van der Waals surface area contributed by atoms with Gasteiger partial charge in [-0.25, -0.2) is 0 Å². The zero-order valence-electron chi connectivity index (χ0n) is 34.7. The van der Waals surface area contributed by atoms with Gasteiger partial charge in [-0.3, -0.25) is 0 Å². The van der Waals surface area contributed by atoms with Crippen LogP contribution in [0.3, 0.4) is 0 Å². The fraction of sp³-hybridized carbons (Fsp3) is 0.0508. The SMILES string of the molecule is C=C/C=C\C(=C)/C(=C/C(=C\C)c1ccc(N(c2ccc3oc4ccccc4c3c2)c2ccccc2-c2cccc3oc4c(c23)C=c2ccccc2=CC4)cc1)Cc1ccccc1. The third-order valence-electron chi connectivity index (χ3n) is 11.9. The number of fused-ring (bicyclic) bond motifs is 7. The second-order valence-corrected chi connectivity index (χ2v) is 15.7. The molecular weight excluding hydrogens is 755 g/mol. The summed E-state index contributed by atoms with van der Waals surface area (Å²) in [7, 11) is 0. The number of hydrogen-bond donors (Lipinski definition) is 0. The largest absolute Gasteiger partial charge is 0.460 e. The molecule has 2 aromatic heterocycles. The minimum Gasteiger partial charge on any atom is -0.460 e. The van der Waals surface area contributed by atoms with E-state index in [1.807, 2.05) is 24.3 Å². The summed E-state index contributed by atoms with van der Waals surface area (Å²) in [6.45, 7) is 10.4. The van der Waals surface area contributed by atoms with E-state index in [2.05, 4.69) is 201 Å². The van der Waals surface area contributed by atoms with E-state index in [-0.39, 0.29) is 0 Å². The Hall–Kier alpha value is -7.88. The van der Waals surface area contributed by atoms with E-state index in [0.717, 1.165) is 108 Å². The lowest BCUT2D eigenvalue weighted by Gasteiger charge is -2.28. The summed E-state index contributed by atoms with van der Waals surface area (Å²) in [6, 6.07) is 58.0. The quantitative estimate of drug-likeness (QED) is 0.122. The maximum absolute atomic E-state index is 6.64. The molecule has 0 radical (unpaired) electrons. The van der Waals surface area contributed by atoms with Gasteiger partial charge in [-0.2, -0.15) is 0 Å². The van der Waals surface area contributed by atoms with Gasteiger partial charge in [0, 0.05) is 45.1 Å². The number of nitrogens with zero attached hydrogens (tertiary/aromatic N) is 1. The topological polar surface area (TPSA) is 29.5 Å². The van der Waals surface area contributed by atoms with Gasteiger partial charge in [0.1, 0.15) is 22.5 Å². The highest BCUT2D eigenvalue weighted by atomic mass is 16.3. The van der Waals surface area contributed by atoms with Crippen LogP contribution in [-0.2, 0) is 12.8 Å². The molecular formula is C59H45NO2. The van der Waals surface area contributed by atoms with Crippen LogP contribution in [0.15, 0.2) is 227 Å². The van der Waals surface area contributed by atoms with Gasteiger partial charge in [0.2, 0.25) is 0 Å². The van der Waals surface area contributed by atoms with E-state index >= 15 is 0 Å². The van der Waals surface area contributed by atoms with Crippen LogP contribution in [0.5, 0.6) is 0 Å². The molecule has 298 valence electrons. The first-order valence-corrected chi connectivity index (χ1v) is 21.2. The molecule has 3 nitrogen and oxygen atoms in total. The van der Waals surface area contributed by atoms with Gasteiger partial charge < -0.3 is 13.7 Å². The summed E-state index contributed by atoms with van der Waals surface area (Å²) < 4.78 is 13.0. The summed E-state index contributed by atoms with van der Waals surface area (Å²) in [4.78, 5) is 2.37. The molecule has 1 aliphatic rings. The Morgan fingerprint density at radius 2 is 1.37 bits per heavy atom. The molecule has 0 spiro atoms. The highest BCUT2D eigenvalue weighted by Gasteiger charge is 2.23. The standard InChI is InChI=1S/C59H45NO2/c1-4-6-17-40(3)46(36-41-18-8-7-9-19-41)37-42(5-2)44-28-31-47(32-29-44)60(48-33-35-56-52(39-48)50-23-13-15-26-55(50)61-56)54-25-14-12-22-49(54)51-24-16-27-58-59(51)53-38-45-21-11-10-20-43(45)30-34-57(53)62-58/h4-33,35,37-39H,1,3,34,36H2,2H3/b17-6-,42-5+,46-37+. The second-order valence-electron chi connectivity index (χ2n) is 15.7. The van der Waals surface area contributed by atoms with Crippen molar-refractivity contribution in [2.45, 2.75) is 19.8 Å². The average molecular weight is 800 g/mol. The molecule has 7 aromatic carbocycles. The Balaban J connectivity index is 1.13. The number of benzene rings is 7. The van der Waals surface area contributed by atoms with Crippen LogP contribution < -0.4 is 15.3 Å². The van der Waals surface area contributed by atoms with Crippen molar-refractivity contribution in [3.05, 3.63) is 251 Å². The first kappa shape index (κ1) is 38.3. The zero-order valence-corrected chi connectivity index (χ0v) is 34.7. The second kappa shape index (κ2) is 16.6. The highest BCUT2D eigenvalue weighted by Crippen LogP contribution is 2.46. The van der Waals surface area contributed by atoms with Gasteiger partial charge in [-0.05, 0) is 112 Å².